The van der Waals surface area contributed by atoms with E-state index in [9.17, 15) is 0 Å². The minimum atomic E-state index is -0.730. The van der Waals surface area contributed by atoms with Crippen LogP contribution in [0, 0.1) is 0 Å². The van der Waals surface area contributed by atoms with Gasteiger partial charge < -0.3 is 14.2 Å². The Bertz CT molecular complexity index is 551. The first-order valence-corrected chi connectivity index (χ1v) is 6.99. The molecule has 6 nitrogen and oxygen atoms in total. The Hall–Kier alpha value is -2.01. The first kappa shape index (κ1) is 18.0. The Kier molecular flexibility index (Phi) is 6.92. The Morgan fingerprint density at radius 2 is 2.05 bits per heavy atom. The molecule has 0 heterocycles. The fourth-order valence-corrected chi connectivity index (χ4v) is 2.02. The largest absolute Gasteiger partial charge is 0.502 e. The van der Waals surface area contributed by atoms with Crippen LogP contribution < -0.4 is 0 Å². The zero-order chi connectivity index (χ0) is 16.6. The molecule has 1 unspecified atom stereocenters. The molecule has 0 aliphatic heterocycles. The molecule has 0 amide bonds. The third kappa shape index (κ3) is 5.77. The number of hydrogen-bond acceptors (Lipinski definition) is 4. The van der Waals surface area contributed by atoms with E-state index in [1.54, 1.807) is 20.3 Å². The van der Waals surface area contributed by atoms with Crippen LogP contribution in [0.1, 0.15) is 25.8 Å². The quantitative estimate of drug-likeness (QED) is 0.222. The molecule has 0 radical (unpaired) electrons. The molecule has 0 aliphatic carbocycles. The van der Waals surface area contributed by atoms with Gasteiger partial charge in [0.1, 0.15) is 0 Å². The van der Waals surface area contributed by atoms with Gasteiger partial charge >= 0.3 is 0 Å². The van der Waals surface area contributed by atoms with Crippen LogP contribution in [0.4, 0.5) is 5.69 Å². The number of azide groups is 1. The second kappa shape index (κ2) is 8.44. The molecule has 0 spiro atoms. The van der Waals surface area contributed by atoms with Crippen molar-refractivity contribution in [1.82, 2.24) is 0 Å². The zero-order valence-corrected chi connectivity index (χ0v) is 13.6. The lowest BCUT2D eigenvalue weighted by Crippen LogP contribution is -2.34. The summed E-state index contributed by atoms with van der Waals surface area (Å²) in [6, 6.07) is 7.42. The van der Waals surface area contributed by atoms with Crippen molar-refractivity contribution in [3.8, 4) is 0 Å². The number of methoxy groups -OCH3 is 2. The van der Waals surface area contributed by atoms with Crippen LogP contribution in [0.3, 0.4) is 0 Å². The standard InChI is InChI=1S/C16H23N3O3/c1-12(20-4)10-14(22-16(2,3)21-5)11-13-8-6-7-9-15(13)18-19-17/h6-9,14H,1,10-11H2,2-5H3. The highest BCUT2D eigenvalue weighted by atomic mass is 16.7. The number of nitrogens with zero attached hydrogens (tertiary/aromatic N) is 3. The topological polar surface area (TPSA) is 76.5 Å². The number of benzene rings is 1. The van der Waals surface area contributed by atoms with Gasteiger partial charge in [-0.3, -0.25) is 0 Å². The second-order valence-corrected chi connectivity index (χ2v) is 5.31. The zero-order valence-electron chi connectivity index (χ0n) is 13.6. The Balaban J connectivity index is 2.97. The van der Waals surface area contributed by atoms with Crippen molar-refractivity contribution in [2.45, 2.75) is 38.6 Å². The summed E-state index contributed by atoms with van der Waals surface area (Å²) >= 11 is 0. The average molecular weight is 305 g/mol. The van der Waals surface area contributed by atoms with E-state index in [1.807, 2.05) is 32.0 Å². The Morgan fingerprint density at radius 3 is 2.64 bits per heavy atom. The molecule has 0 saturated carbocycles. The molecule has 0 aliphatic rings. The van der Waals surface area contributed by atoms with Gasteiger partial charge in [0.25, 0.3) is 0 Å². The Labute approximate surface area is 131 Å². The van der Waals surface area contributed by atoms with Gasteiger partial charge in [-0.25, -0.2) is 0 Å². The van der Waals surface area contributed by atoms with Crippen LogP contribution in [-0.4, -0.2) is 26.1 Å². The smallest absolute Gasteiger partial charge is 0.162 e. The van der Waals surface area contributed by atoms with E-state index in [2.05, 4.69) is 16.6 Å². The predicted octanol–water partition coefficient (Wildman–Crippen LogP) is 4.49. The fourth-order valence-electron chi connectivity index (χ4n) is 2.02. The molecule has 6 heteroatoms. The van der Waals surface area contributed by atoms with Crippen molar-refractivity contribution >= 4 is 5.69 Å². The second-order valence-electron chi connectivity index (χ2n) is 5.31. The van der Waals surface area contributed by atoms with E-state index < -0.39 is 5.79 Å². The summed E-state index contributed by atoms with van der Waals surface area (Å²) in [4.78, 5) is 2.86. The Morgan fingerprint density at radius 1 is 1.36 bits per heavy atom. The summed E-state index contributed by atoms with van der Waals surface area (Å²) in [6.45, 7) is 7.53. The summed E-state index contributed by atoms with van der Waals surface area (Å²) in [5.41, 5.74) is 10.2. The van der Waals surface area contributed by atoms with Crippen molar-refractivity contribution in [3.05, 3.63) is 52.6 Å². The molecule has 1 aromatic rings. The highest BCUT2D eigenvalue weighted by molar-refractivity contribution is 5.45. The van der Waals surface area contributed by atoms with E-state index in [0.717, 1.165) is 5.56 Å². The van der Waals surface area contributed by atoms with Crippen molar-refractivity contribution in [2.24, 2.45) is 5.11 Å². The monoisotopic (exact) mass is 305 g/mol. The van der Waals surface area contributed by atoms with Gasteiger partial charge in [0.15, 0.2) is 5.79 Å². The summed E-state index contributed by atoms with van der Waals surface area (Å²) in [5.74, 6) is -0.107. The lowest BCUT2D eigenvalue weighted by Gasteiger charge is -2.30. The highest BCUT2D eigenvalue weighted by Crippen LogP contribution is 2.26. The normalized spacial score (nSPS) is 12.4. The molecule has 0 fully saturated rings. The van der Waals surface area contributed by atoms with Gasteiger partial charge in [0.05, 0.1) is 19.0 Å². The molecular formula is C16H23N3O3. The third-order valence-electron chi connectivity index (χ3n) is 3.28. The molecule has 0 N–H and O–H groups in total. The number of rotatable bonds is 9. The highest BCUT2D eigenvalue weighted by Gasteiger charge is 2.24. The maximum atomic E-state index is 8.66. The molecule has 0 bridgehead atoms. The summed E-state index contributed by atoms with van der Waals surface area (Å²) < 4.78 is 16.5. The summed E-state index contributed by atoms with van der Waals surface area (Å²) in [5, 5.41) is 3.72. The van der Waals surface area contributed by atoms with Crippen LogP contribution in [0.5, 0.6) is 0 Å². The van der Waals surface area contributed by atoms with E-state index in [1.165, 1.54) is 0 Å². The minimum Gasteiger partial charge on any atom is -0.502 e. The van der Waals surface area contributed by atoms with Crippen LogP contribution in [0.25, 0.3) is 10.4 Å². The average Bonchev–Trinajstić information content (AvgIpc) is 2.49. The first-order valence-electron chi connectivity index (χ1n) is 6.99. The van der Waals surface area contributed by atoms with E-state index >= 15 is 0 Å². The molecule has 1 atom stereocenters. The van der Waals surface area contributed by atoms with Crippen molar-refractivity contribution in [1.29, 1.82) is 0 Å². The van der Waals surface area contributed by atoms with Crippen molar-refractivity contribution in [3.63, 3.8) is 0 Å². The van der Waals surface area contributed by atoms with Gasteiger partial charge in [0, 0.05) is 24.1 Å². The van der Waals surface area contributed by atoms with Crippen molar-refractivity contribution < 1.29 is 14.2 Å². The maximum Gasteiger partial charge on any atom is 0.162 e. The molecule has 1 rings (SSSR count). The van der Waals surface area contributed by atoms with Crippen LogP contribution in [0.15, 0.2) is 41.7 Å². The SMILES string of the molecule is C=C(CC(Cc1ccccc1N=[N+]=[N-])OC(C)(C)OC)OC. The molecule has 1 aromatic carbocycles. The van der Waals surface area contributed by atoms with Crippen LogP contribution in [-0.2, 0) is 20.6 Å². The fraction of sp³-hybridized carbons (Fsp3) is 0.500. The van der Waals surface area contributed by atoms with Crippen molar-refractivity contribution in [2.75, 3.05) is 14.2 Å². The predicted molar refractivity (Wildman–Crippen MR) is 85.7 cm³/mol. The van der Waals surface area contributed by atoms with E-state index in [4.69, 9.17) is 19.7 Å². The first-order chi connectivity index (χ1) is 10.4. The lowest BCUT2D eigenvalue weighted by molar-refractivity contribution is -0.223. The van der Waals surface area contributed by atoms with Gasteiger partial charge in [-0.05, 0) is 31.4 Å². The van der Waals surface area contributed by atoms with Crippen LogP contribution >= 0.6 is 0 Å². The third-order valence-corrected chi connectivity index (χ3v) is 3.28. The lowest BCUT2D eigenvalue weighted by atomic mass is 10.0. The van der Waals surface area contributed by atoms with E-state index in [-0.39, 0.29) is 6.10 Å². The minimum absolute atomic E-state index is 0.211. The molecular weight excluding hydrogens is 282 g/mol. The van der Waals surface area contributed by atoms with Gasteiger partial charge in [-0.2, -0.15) is 0 Å². The molecule has 0 saturated heterocycles. The molecule has 120 valence electrons. The van der Waals surface area contributed by atoms with Gasteiger partial charge in [0.2, 0.25) is 0 Å². The number of hydrogen-bond donors (Lipinski definition) is 0. The molecule has 22 heavy (non-hydrogen) atoms. The summed E-state index contributed by atoms with van der Waals surface area (Å²) in [6.07, 6.45) is 0.871. The van der Waals surface area contributed by atoms with Crippen LogP contribution in [0.2, 0.25) is 0 Å². The van der Waals surface area contributed by atoms with Gasteiger partial charge in [-0.15, -0.1) is 0 Å². The maximum absolute atomic E-state index is 8.66. The summed E-state index contributed by atoms with van der Waals surface area (Å²) in [7, 11) is 3.17. The number of ether oxygens (including phenoxy) is 3. The van der Waals surface area contributed by atoms with Gasteiger partial charge in [-0.1, -0.05) is 36.0 Å². The van der Waals surface area contributed by atoms with E-state index in [0.29, 0.717) is 24.3 Å². The molecule has 0 aromatic heterocycles.